The van der Waals surface area contributed by atoms with Gasteiger partial charge in [0.05, 0.1) is 20.1 Å². The number of esters is 1. The van der Waals surface area contributed by atoms with Crippen LogP contribution in [0.4, 0.5) is 5.69 Å². The van der Waals surface area contributed by atoms with Crippen molar-refractivity contribution in [2.75, 3.05) is 18.9 Å². The number of carbonyl (C=O) groups is 1. The summed E-state index contributed by atoms with van der Waals surface area (Å²) in [7, 11) is 1.58. The van der Waals surface area contributed by atoms with Crippen LogP contribution in [0.2, 0.25) is 0 Å². The van der Waals surface area contributed by atoms with Crippen molar-refractivity contribution in [3.8, 4) is 5.75 Å². The van der Waals surface area contributed by atoms with Gasteiger partial charge in [0.25, 0.3) is 0 Å². The fourth-order valence-corrected chi connectivity index (χ4v) is 2.12. The van der Waals surface area contributed by atoms with Gasteiger partial charge in [-0.05, 0) is 52.3 Å². The number of rotatable bonds is 5. The largest absolute Gasteiger partial charge is 0.494 e. The first-order valence-electron chi connectivity index (χ1n) is 7.71. The van der Waals surface area contributed by atoms with Gasteiger partial charge in [0, 0.05) is 0 Å². The summed E-state index contributed by atoms with van der Waals surface area (Å²) in [6.07, 6.45) is 0.186. The summed E-state index contributed by atoms with van der Waals surface area (Å²) in [4.78, 5) is 23.5. The number of ether oxygens (including phenoxy) is 2. The Morgan fingerprint density at radius 2 is 1.78 bits per heavy atom. The molecule has 2 rings (SSSR count). The van der Waals surface area contributed by atoms with E-state index in [1.54, 1.807) is 20.1 Å². The number of benzene rings is 1. The fraction of sp³-hybridized carbons (Fsp3) is 0.588. The number of anilines is 1. The van der Waals surface area contributed by atoms with Crippen molar-refractivity contribution in [3.05, 3.63) is 23.8 Å². The zero-order valence-corrected chi connectivity index (χ0v) is 14.6. The minimum absolute atomic E-state index is 0.186. The van der Waals surface area contributed by atoms with Crippen molar-refractivity contribution in [1.82, 2.24) is 0 Å². The maximum atomic E-state index is 11.7. The molecule has 0 amide bonds. The summed E-state index contributed by atoms with van der Waals surface area (Å²) in [5.41, 5.74) is 0.409. The average molecular weight is 323 g/mol. The van der Waals surface area contributed by atoms with E-state index in [1.807, 2.05) is 39.8 Å². The molecule has 0 radical (unpaired) electrons. The van der Waals surface area contributed by atoms with Crippen molar-refractivity contribution in [2.45, 2.75) is 52.2 Å². The van der Waals surface area contributed by atoms with Gasteiger partial charge in [-0.1, -0.05) is 6.07 Å². The number of hydrogen-bond donors (Lipinski definition) is 0. The van der Waals surface area contributed by atoms with Crippen LogP contribution in [0, 0.1) is 0 Å². The second-order valence-electron chi connectivity index (χ2n) is 6.45. The molecule has 1 aliphatic rings. The lowest BCUT2D eigenvalue weighted by molar-refractivity contribution is -0.142. The van der Waals surface area contributed by atoms with E-state index in [-0.39, 0.29) is 12.4 Å². The van der Waals surface area contributed by atoms with E-state index in [4.69, 9.17) is 19.1 Å². The number of methoxy groups -OCH3 is 1. The predicted octanol–water partition coefficient (Wildman–Crippen LogP) is 3.04. The summed E-state index contributed by atoms with van der Waals surface area (Å²) in [5.74, 6) is 0.332. The first-order chi connectivity index (χ1) is 10.7. The minimum atomic E-state index is -0.505. The normalized spacial score (nSPS) is 18.8. The van der Waals surface area contributed by atoms with Gasteiger partial charge in [0.15, 0.2) is 0 Å². The average Bonchev–Trinajstić information content (AvgIpc) is 2.67. The fourth-order valence-electron chi connectivity index (χ4n) is 2.12. The van der Waals surface area contributed by atoms with Crippen molar-refractivity contribution in [2.24, 2.45) is 0 Å². The van der Waals surface area contributed by atoms with Gasteiger partial charge in [-0.2, -0.15) is 0 Å². The van der Waals surface area contributed by atoms with Crippen LogP contribution in [0.5, 0.6) is 5.75 Å². The Balaban J connectivity index is 2.28. The lowest BCUT2D eigenvalue weighted by Gasteiger charge is -2.26. The Labute approximate surface area is 137 Å². The number of hydrogen-bond acceptors (Lipinski definition) is 6. The lowest BCUT2D eigenvalue weighted by Crippen LogP contribution is -2.41. The van der Waals surface area contributed by atoms with Crippen LogP contribution in [0.15, 0.2) is 18.2 Å². The minimum Gasteiger partial charge on any atom is -0.494 e. The van der Waals surface area contributed by atoms with Gasteiger partial charge < -0.3 is 9.47 Å². The molecule has 0 bridgehead atoms. The van der Waals surface area contributed by atoms with E-state index in [1.165, 1.54) is 5.23 Å². The molecule has 6 heteroatoms. The van der Waals surface area contributed by atoms with Gasteiger partial charge in [-0.3, -0.25) is 4.79 Å². The van der Waals surface area contributed by atoms with Crippen LogP contribution in [0.25, 0.3) is 0 Å². The van der Waals surface area contributed by atoms with Crippen LogP contribution in [0.3, 0.4) is 0 Å². The summed E-state index contributed by atoms with van der Waals surface area (Å²) in [6.45, 7) is 9.99. The Kier molecular flexibility index (Phi) is 4.87. The maximum Gasteiger partial charge on any atom is 0.310 e. The van der Waals surface area contributed by atoms with E-state index in [9.17, 15) is 4.79 Å². The van der Waals surface area contributed by atoms with E-state index in [0.717, 1.165) is 5.56 Å². The van der Waals surface area contributed by atoms with Crippen molar-refractivity contribution in [1.29, 1.82) is 0 Å². The number of nitrogens with zero attached hydrogens (tertiary/aromatic N) is 1. The van der Waals surface area contributed by atoms with Crippen LogP contribution < -0.4 is 9.96 Å². The molecular formula is C17H25NO5. The molecule has 0 spiro atoms. The maximum absolute atomic E-state index is 11.7. The molecule has 1 aromatic rings. The standard InChI is InChI=1S/C17H25NO5/c1-7-21-15(19)11-12-8-9-14(20-6)13(10-12)18-22-16(2,3)17(4,5)23-18/h8-10H,7,11H2,1-6H3. The molecule has 23 heavy (non-hydrogen) atoms. The Bertz CT molecular complexity index is 566. The molecule has 0 N–H and O–H groups in total. The highest BCUT2D eigenvalue weighted by atomic mass is 17.0. The predicted molar refractivity (Wildman–Crippen MR) is 86.1 cm³/mol. The van der Waals surface area contributed by atoms with Gasteiger partial charge in [-0.25, -0.2) is 9.68 Å². The summed E-state index contributed by atoms with van der Waals surface area (Å²) in [6, 6.07) is 5.42. The summed E-state index contributed by atoms with van der Waals surface area (Å²) in [5, 5.41) is 1.37. The quantitative estimate of drug-likeness (QED) is 0.776. The second-order valence-corrected chi connectivity index (χ2v) is 6.45. The molecule has 1 saturated heterocycles. The molecule has 6 nitrogen and oxygen atoms in total. The smallest absolute Gasteiger partial charge is 0.310 e. The molecule has 1 aromatic carbocycles. The molecule has 1 fully saturated rings. The lowest BCUT2D eigenvalue weighted by atomic mass is 9.90. The van der Waals surface area contributed by atoms with E-state index >= 15 is 0 Å². The van der Waals surface area contributed by atoms with E-state index in [2.05, 4.69) is 0 Å². The topological polar surface area (TPSA) is 57.2 Å². The summed E-state index contributed by atoms with van der Waals surface area (Å²) >= 11 is 0. The number of carbonyl (C=O) groups excluding carboxylic acids is 1. The third-order valence-corrected chi connectivity index (χ3v) is 4.17. The molecular weight excluding hydrogens is 298 g/mol. The van der Waals surface area contributed by atoms with Crippen molar-refractivity contribution in [3.63, 3.8) is 0 Å². The van der Waals surface area contributed by atoms with Crippen LogP contribution in [-0.2, 0) is 25.6 Å². The third-order valence-electron chi connectivity index (χ3n) is 4.17. The molecule has 0 saturated carbocycles. The van der Waals surface area contributed by atoms with Crippen LogP contribution >= 0.6 is 0 Å². The first-order valence-corrected chi connectivity index (χ1v) is 7.71. The zero-order valence-electron chi connectivity index (χ0n) is 14.6. The Morgan fingerprint density at radius 3 is 2.30 bits per heavy atom. The third kappa shape index (κ3) is 3.59. The Morgan fingerprint density at radius 1 is 1.17 bits per heavy atom. The highest BCUT2D eigenvalue weighted by Crippen LogP contribution is 2.42. The van der Waals surface area contributed by atoms with Gasteiger partial charge in [0.2, 0.25) is 0 Å². The van der Waals surface area contributed by atoms with E-state index in [0.29, 0.717) is 18.0 Å². The molecule has 1 aliphatic heterocycles. The highest BCUT2D eigenvalue weighted by molar-refractivity contribution is 5.73. The molecule has 0 unspecified atom stereocenters. The monoisotopic (exact) mass is 323 g/mol. The van der Waals surface area contributed by atoms with Crippen LogP contribution in [0.1, 0.15) is 40.2 Å². The van der Waals surface area contributed by atoms with Crippen LogP contribution in [-0.4, -0.2) is 30.9 Å². The van der Waals surface area contributed by atoms with Crippen molar-refractivity contribution < 1.29 is 23.9 Å². The van der Waals surface area contributed by atoms with Crippen molar-refractivity contribution >= 4 is 11.7 Å². The van der Waals surface area contributed by atoms with Gasteiger partial charge >= 0.3 is 5.97 Å². The zero-order chi connectivity index (χ0) is 17.3. The Hall–Kier alpha value is -1.79. The highest BCUT2D eigenvalue weighted by Gasteiger charge is 2.50. The van der Waals surface area contributed by atoms with E-state index < -0.39 is 11.2 Å². The summed E-state index contributed by atoms with van der Waals surface area (Å²) < 4.78 is 10.4. The van der Waals surface area contributed by atoms with Gasteiger partial charge in [-0.15, -0.1) is 5.23 Å². The SMILES string of the molecule is CCOC(=O)Cc1ccc(OC)c(N2OC(C)(C)C(C)(C)O2)c1. The molecule has 0 aliphatic carbocycles. The molecule has 0 aromatic heterocycles. The second kappa shape index (κ2) is 6.37. The molecule has 128 valence electrons. The first kappa shape index (κ1) is 17.6. The molecule has 1 heterocycles. The molecule has 0 atom stereocenters. The van der Waals surface area contributed by atoms with Gasteiger partial charge in [0.1, 0.15) is 22.6 Å².